The van der Waals surface area contributed by atoms with E-state index in [0.717, 1.165) is 17.8 Å². The molecular formula is C12H27Si3. The maximum Gasteiger partial charge on any atom is 0.0224 e. The van der Waals surface area contributed by atoms with Crippen LogP contribution in [0.5, 0.6) is 0 Å². The first-order valence-corrected chi connectivity index (χ1v) is 12.4. The monoisotopic (exact) mass is 255 g/mol. The van der Waals surface area contributed by atoms with E-state index in [2.05, 4.69) is 41.5 Å². The summed E-state index contributed by atoms with van der Waals surface area (Å²) in [6, 6.07) is 4.54. The number of rotatable bonds is 8. The van der Waals surface area contributed by atoms with Crippen LogP contribution >= 0.6 is 0 Å². The maximum absolute atomic E-state index is 2.39. The second-order valence-corrected chi connectivity index (χ2v) is 15.8. The van der Waals surface area contributed by atoms with Crippen molar-refractivity contribution in [3.05, 3.63) is 0 Å². The highest BCUT2D eigenvalue weighted by molar-refractivity contribution is 7.39. The van der Waals surface area contributed by atoms with Crippen molar-refractivity contribution in [1.82, 2.24) is 0 Å². The Morgan fingerprint density at radius 1 is 0.733 bits per heavy atom. The molecule has 15 heavy (non-hydrogen) atoms. The highest BCUT2D eigenvalue weighted by atomic mass is 29.6. The van der Waals surface area contributed by atoms with E-state index in [9.17, 15) is 0 Å². The van der Waals surface area contributed by atoms with E-state index in [1.54, 1.807) is 6.04 Å². The summed E-state index contributed by atoms with van der Waals surface area (Å²) in [5.41, 5.74) is 0. The molecule has 0 aliphatic heterocycles. The number of hydrogen-bond acceptors (Lipinski definition) is 0. The van der Waals surface area contributed by atoms with Crippen molar-refractivity contribution >= 4 is 25.9 Å². The van der Waals surface area contributed by atoms with E-state index < -0.39 is 0 Å². The highest BCUT2D eigenvalue weighted by Crippen LogP contribution is 2.10. The van der Waals surface area contributed by atoms with E-state index in [1.807, 2.05) is 0 Å². The third kappa shape index (κ3) is 10.9. The predicted molar refractivity (Wildman–Crippen MR) is 76.2 cm³/mol. The van der Waals surface area contributed by atoms with Crippen molar-refractivity contribution < 1.29 is 0 Å². The third-order valence-electron chi connectivity index (χ3n) is 2.06. The quantitative estimate of drug-likeness (QED) is 0.580. The van der Waals surface area contributed by atoms with Crippen molar-refractivity contribution in [3.8, 4) is 0 Å². The van der Waals surface area contributed by atoms with Crippen molar-refractivity contribution in [2.24, 2.45) is 17.8 Å². The van der Waals surface area contributed by atoms with Crippen LogP contribution in [0, 0.1) is 17.8 Å². The summed E-state index contributed by atoms with van der Waals surface area (Å²) in [4.78, 5) is 0. The van der Waals surface area contributed by atoms with E-state index in [0.29, 0.717) is 0 Å². The molecule has 0 aliphatic rings. The van der Waals surface area contributed by atoms with Gasteiger partial charge in [-0.3, -0.25) is 0 Å². The van der Waals surface area contributed by atoms with Crippen LogP contribution in [-0.4, -0.2) is 25.9 Å². The Hall–Kier alpha value is 0.651. The fraction of sp³-hybridized carbons (Fsp3) is 1.00. The lowest BCUT2D eigenvalue weighted by atomic mass is 10.3. The van der Waals surface area contributed by atoms with Gasteiger partial charge in [-0.2, -0.15) is 0 Å². The molecule has 0 bridgehead atoms. The average Bonchev–Trinajstić information content (AvgIpc) is 2.08. The van der Waals surface area contributed by atoms with Crippen molar-refractivity contribution in [3.63, 3.8) is 0 Å². The van der Waals surface area contributed by atoms with Gasteiger partial charge in [0, 0.05) is 25.9 Å². The molecule has 0 saturated carbocycles. The first-order valence-electron chi connectivity index (χ1n) is 6.25. The lowest BCUT2D eigenvalue weighted by Crippen LogP contribution is -2.33. The molecular weight excluding hydrogens is 228 g/mol. The van der Waals surface area contributed by atoms with E-state index >= 15 is 0 Å². The molecule has 0 N–H and O–H groups in total. The molecule has 3 heteroatoms. The first kappa shape index (κ1) is 15.7. The molecule has 0 atom stereocenters. The molecule has 0 aromatic rings. The fourth-order valence-electron chi connectivity index (χ4n) is 1.27. The van der Waals surface area contributed by atoms with Gasteiger partial charge in [0.2, 0.25) is 0 Å². The van der Waals surface area contributed by atoms with Crippen molar-refractivity contribution in [2.75, 3.05) is 0 Å². The van der Waals surface area contributed by atoms with Crippen LogP contribution in [0.25, 0.3) is 0 Å². The average molecular weight is 256 g/mol. The molecule has 0 rings (SSSR count). The van der Waals surface area contributed by atoms with Gasteiger partial charge in [-0.1, -0.05) is 77.4 Å². The molecule has 0 fully saturated rings. The second kappa shape index (κ2) is 8.76. The smallest absolute Gasteiger partial charge is 0.0224 e. The molecule has 0 aliphatic carbocycles. The molecule has 0 amide bonds. The zero-order valence-corrected chi connectivity index (χ0v) is 14.4. The number of hydrogen-bond donors (Lipinski definition) is 0. The minimum absolute atomic E-state index is 0.0210. The lowest BCUT2D eigenvalue weighted by Gasteiger charge is -2.18. The van der Waals surface area contributed by atoms with Crippen LogP contribution in [0.1, 0.15) is 41.5 Å². The molecule has 0 heterocycles. The largest absolute Gasteiger partial charge is 0.0631 e. The van der Waals surface area contributed by atoms with Gasteiger partial charge in [0.25, 0.3) is 0 Å². The Morgan fingerprint density at radius 3 is 1.40 bits per heavy atom. The Labute approximate surface area is 103 Å². The van der Waals surface area contributed by atoms with Crippen LogP contribution in [0.3, 0.4) is 0 Å². The minimum Gasteiger partial charge on any atom is -0.0631 e. The predicted octanol–water partition coefficient (Wildman–Crippen LogP) is 3.69. The van der Waals surface area contributed by atoms with Gasteiger partial charge >= 0.3 is 0 Å². The molecule has 5 radical (unpaired) electrons. The first-order chi connectivity index (χ1) is 6.91. The van der Waals surface area contributed by atoms with Crippen LogP contribution in [0.2, 0.25) is 18.1 Å². The minimum atomic E-state index is 0.0210. The molecule has 0 saturated heterocycles. The molecule has 87 valence electrons. The summed E-state index contributed by atoms with van der Waals surface area (Å²) in [5.74, 6) is 2.76. The summed E-state index contributed by atoms with van der Waals surface area (Å²) in [5, 5.41) is 0. The molecule has 0 spiro atoms. The standard InChI is InChI=1S/C12H27Si3/c1-10(2)7-13-15(9-12(5)6)14-8-11(3)4/h10-12H,7-9H2,1-6H3. The highest BCUT2D eigenvalue weighted by Gasteiger charge is 2.15. The Kier molecular flexibility index (Phi) is 9.14. The summed E-state index contributed by atoms with van der Waals surface area (Å²) >= 11 is 0. The van der Waals surface area contributed by atoms with Gasteiger partial charge in [0.05, 0.1) is 0 Å². The van der Waals surface area contributed by atoms with E-state index in [1.165, 1.54) is 30.2 Å². The van der Waals surface area contributed by atoms with Gasteiger partial charge < -0.3 is 0 Å². The Balaban J connectivity index is 3.84. The fourth-order valence-corrected chi connectivity index (χ4v) is 14.4. The molecule has 0 nitrogen and oxygen atoms in total. The normalized spacial score (nSPS) is 12.4. The Morgan fingerprint density at radius 2 is 1.13 bits per heavy atom. The van der Waals surface area contributed by atoms with Crippen LogP contribution in [0.4, 0.5) is 0 Å². The van der Waals surface area contributed by atoms with Gasteiger partial charge in [-0.25, -0.2) is 0 Å². The zero-order chi connectivity index (χ0) is 11.8. The van der Waals surface area contributed by atoms with Gasteiger partial charge in [0.1, 0.15) is 0 Å². The lowest BCUT2D eigenvalue weighted by molar-refractivity contribution is 0.722. The molecule has 0 aromatic carbocycles. The topological polar surface area (TPSA) is 0 Å². The summed E-state index contributed by atoms with van der Waals surface area (Å²) in [6.45, 7) is 14.3. The third-order valence-corrected chi connectivity index (χ3v) is 14.4. The Bertz CT molecular complexity index is 132. The summed E-state index contributed by atoms with van der Waals surface area (Å²) in [6.07, 6.45) is 0. The zero-order valence-electron chi connectivity index (χ0n) is 11.4. The van der Waals surface area contributed by atoms with Gasteiger partial charge in [-0.05, 0) is 0 Å². The summed E-state index contributed by atoms with van der Waals surface area (Å²) < 4.78 is 0. The SMILES string of the molecule is CC(C)C[Si][Si](CC(C)C)[Si]CC(C)C. The summed E-state index contributed by atoms with van der Waals surface area (Å²) in [7, 11) is 2.64. The van der Waals surface area contributed by atoms with Crippen LogP contribution in [-0.2, 0) is 0 Å². The maximum atomic E-state index is 2.39. The van der Waals surface area contributed by atoms with Crippen molar-refractivity contribution in [1.29, 1.82) is 0 Å². The second-order valence-electron chi connectivity index (χ2n) is 5.63. The van der Waals surface area contributed by atoms with Gasteiger partial charge in [0.15, 0.2) is 0 Å². The van der Waals surface area contributed by atoms with Crippen molar-refractivity contribution in [2.45, 2.75) is 59.7 Å². The molecule has 0 aromatic heterocycles. The van der Waals surface area contributed by atoms with E-state index in [-0.39, 0.29) is 7.83 Å². The van der Waals surface area contributed by atoms with Crippen LogP contribution in [0.15, 0.2) is 0 Å². The van der Waals surface area contributed by atoms with Crippen LogP contribution < -0.4 is 0 Å². The molecule has 0 unspecified atom stereocenters. The van der Waals surface area contributed by atoms with Gasteiger partial charge in [-0.15, -0.1) is 0 Å². The van der Waals surface area contributed by atoms with E-state index in [4.69, 9.17) is 0 Å².